The summed E-state index contributed by atoms with van der Waals surface area (Å²) in [7, 11) is 1.80. The van der Waals surface area contributed by atoms with Gasteiger partial charge < -0.3 is 16.0 Å². The van der Waals surface area contributed by atoms with Gasteiger partial charge in [-0.05, 0) is 35.2 Å². The van der Waals surface area contributed by atoms with Crippen LogP contribution in [0.1, 0.15) is 27.0 Å². The second-order valence-corrected chi connectivity index (χ2v) is 5.90. The number of primary amides is 1. The molecule has 3 N–H and O–H groups in total. The fourth-order valence-corrected chi connectivity index (χ4v) is 2.98. The third-order valence-corrected chi connectivity index (χ3v) is 4.33. The first-order valence-electron chi connectivity index (χ1n) is 8.08. The van der Waals surface area contributed by atoms with E-state index in [1.807, 2.05) is 12.1 Å². The van der Waals surface area contributed by atoms with Crippen LogP contribution in [0.15, 0.2) is 53.5 Å². The van der Waals surface area contributed by atoms with E-state index >= 15 is 0 Å². The van der Waals surface area contributed by atoms with Gasteiger partial charge in [-0.2, -0.15) is 0 Å². The van der Waals surface area contributed by atoms with Gasteiger partial charge in [-0.1, -0.05) is 36.4 Å². The number of hydrogen-bond donors (Lipinski definition) is 2. The molecule has 0 fully saturated rings. The fourth-order valence-electron chi connectivity index (χ4n) is 2.98. The predicted molar refractivity (Wildman–Crippen MR) is 111 cm³/mol. The summed E-state index contributed by atoms with van der Waals surface area (Å²) in [5.41, 5.74) is 9.65. The molecule has 25 heavy (non-hydrogen) atoms. The van der Waals surface area contributed by atoms with Crippen molar-refractivity contribution in [2.24, 2.45) is 10.7 Å². The van der Waals surface area contributed by atoms with Gasteiger partial charge in [0.1, 0.15) is 0 Å². The topological polar surface area (TPSA) is 70.7 Å². The first-order valence-corrected chi connectivity index (χ1v) is 8.08. The Bertz CT molecular complexity index is 758. The summed E-state index contributed by atoms with van der Waals surface area (Å²) < 4.78 is 0. The molecule has 6 heteroatoms. The average Bonchev–Trinajstić information content (AvgIpc) is 2.62. The molecule has 0 aliphatic carbocycles. The smallest absolute Gasteiger partial charge is 0.248 e. The second kappa shape index (κ2) is 8.84. The molecule has 0 atom stereocenters. The monoisotopic (exact) mass is 450 g/mol. The number of aliphatic imine (C=N–C) groups is 1. The van der Waals surface area contributed by atoms with Crippen LogP contribution >= 0.6 is 24.0 Å². The van der Waals surface area contributed by atoms with Crippen molar-refractivity contribution in [2.45, 2.75) is 19.5 Å². The van der Waals surface area contributed by atoms with Crippen LogP contribution in [0.4, 0.5) is 0 Å². The van der Waals surface area contributed by atoms with Crippen LogP contribution in [-0.2, 0) is 19.5 Å². The van der Waals surface area contributed by atoms with E-state index in [0.29, 0.717) is 12.1 Å². The number of nitrogens with two attached hydrogens (primary N) is 1. The molecule has 0 aromatic heterocycles. The molecule has 0 bridgehead atoms. The SMILES string of the molecule is CN=C(NCc1ccc(C(N)=O)cc1)N1CCc2ccccc2C1.I. The summed E-state index contributed by atoms with van der Waals surface area (Å²) in [4.78, 5) is 17.8. The number of amides is 1. The number of guanidine groups is 1. The molecule has 0 radical (unpaired) electrons. The lowest BCUT2D eigenvalue weighted by molar-refractivity contribution is 0.100. The van der Waals surface area contributed by atoms with Crippen LogP contribution < -0.4 is 11.1 Å². The van der Waals surface area contributed by atoms with Crippen LogP contribution in [0.3, 0.4) is 0 Å². The number of hydrogen-bond acceptors (Lipinski definition) is 2. The van der Waals surface area contributed by atoms with Gasteiger partial charge in [0, 0.05) is 32.2 Å². The Morgan fingerprint density at radius 2 is 1.84 bits per heavy atom. The number of halogens is 1. The Morgan fingerprint density at radius 1 is 1.16 bits per heavy atom. The molecule has 0 spiro atoms. The third-order valence-electron chi connectivity index (χ3n) is 4.33. The van der Waals surface area contributed by atoms with Gasteiger partial charge in [0.25, 0.3) is 0 Å². The van der Waals surface area contributed by atoms with Gasteiger partial charge >= 0.3 is 0 Å². The highest BCUT2D eigenvalue weighted by Crippen LogP contribution is 2.18. The van der Waals surface area contributed by atoms with Crippen LogP contribution in [0, 0.1) is 0 Å². The molecule has 0 unspecified atom stereocenters. The van der Waals surface area contributed by atoms with Crippen LogP contribution in [0.2, 0.25) is 0 Å². The summed E-state index contributed by atoms with van der Waals surface area (Å²) >= 11 is 0. The summed E-state index contributed by atoms with van der Waals surface area (Å²) in [5.74, 6) is 0.487. The van der Waals surface area contributed by atoms with E-state index in [0.717, 1.165) is 31.0 Å². The number of carbonyl (C=O) groups excluding carboxylic acids is 1. The second-order valence-electron chi connectivity index (χ2n) is 5.90. The molecule has 1 amide bonds. The van der Waals surface area contributed by atoms with Crippen LogP contribution in [0.5, 0.6) is 0 Å². The van der Waals surface area contributed by atoms with Gasteiger partial charge in [-0.15, -0.1) is 24.0 Å². The summed E-state index contributed by atoms with van der Waals surface area (Å²) in [6.07, 6.45) is 1.03. The van der Waals surface area contributed by atoms with Gasteiger partial charge in [-0.25, -0.2) is 0 Å². The van der Waals surface area contributed by atoms with E-state index in [4.69, 9.17) is 5.73 Å². The zero-order chi connectivity index (χ0) is 16.9. The Labute approximate surface area is 165 Å². The number of nitrogens with one attached hydrogen (secondary N) is 1. The van der Waals surface area contributed by atoms with Crippen LogP contribution in [-0.4, -0.2) is 30.4 Å². The highest BCUT2D eigenvalue weighted by molar-refractivity contribution is 14.0. The largest absolute Gasteiger partial charge is 0.366 e. The quantitative estimate of drug-likeness (QED) is 0.429. The van der Waals surface area contributed by atoms with Crippen molar-refractivity contribution in [3.8, 4) is 0 Å². The minimum Gasteiger partial charge on any atom is -0.366 e. The minimum absolute atomic E-state index is 0. The lowest BCUT2D eigenvalue weighted by Gasteiger charge is -2.31. The molecule has 1 heterocycles. The number of fused-ring (bicyclic) bond motifs is 1. The molecule has 132 valence electrons. The number of rotatable bonds is 3. The zero-order valence-electron chi connectivity index (χ0n) is 14.2. The number of benzene rings is 2. The molecular weight excluding hydrogens is 427 g/mol. The molecule has 2 aromatic carbocycles. The lowest BCUT2D eigenvalue weighted by Crippen LogP contribution is -2.43. The van der Waals surface area contributed by atoms with E-state index < -0.39 is 5.91 Å². The third kappa shape index (κ3) is 4.72. The molecule has 2 aromatic rings. The van der Waals surface area contributed by atoms with Crippen LogP contribution in [0.25, 0.3) is 0 Å². The maximum atomic E-state index is 11.1. The highest BCUT2D eigenvalue weighted by Gasteiger charge is 2.18. The van der Waals surface area contributed by atoms with Gasteiger partial charge in [0.2, 0.25) is 5.91 Å². The standard InChI is InChI=1S/C19H22N4O.HI/c1-21-19(22-12-14-6-8-16(9-7-14)18(20)24)23-11-10-15-4-2-3-5-17(15)13-23;/h2-9H,10-13H2,1H3,(H2,20,24)(H,21,22);1H. The van der Waals surface area contributed by atoms with Gasteiger partial charge in [-0.3, -0.25) is 9.79 Å². The lowest BCUT2D eigenvalue weighted by atomic mass is 10.0. The predicted octanol–water partition coefficient (Wildman–Crippen LogP) is 2.54. The summed E-state index contributed by atoms with van der Waals surface area (Å²) in [6, 6.07) is 15.9. The fraction of sp³-hybridized carbons (Fsp3) is 0.263. The Kier molecular flexibility index (Phi) is 6.81. The van der Waals surface area contributed by atoms with E-state index in [2.05, 4.69) is 39.5 Å². The molecule has 3 rings (SSSR count). The van der Waals surface area contributed by atoms with Crippen molar-refractivity contribution < 1.29 is 4.79 Å². The average molecular weight is 450 g/mol. The maximum absolute atomic E-state index is 11.1. The maximum Gasteiger partial charge on any atom is 0.248 e. The van der Waals surface area contributed by atoms with Crippen molar-refractivity contribution >= 4 is 35.8 Å². The van der Waals surface area contributed by atoms with E-state index in [9.17, 15) is 4.79 Å². The molecule has 0 saturated heterocycles. The number of carbonyl (C=O) groups is 1. The van der Waals surface area contributed by atoms with Crippen molar-refractivity contribution in [1.29, 1.82) is 0 Å². The normalized spacial score (nSPS) is 13.6. The van der Waals surface area contributed by atoms with Crippen molar-refractivity contribution in [2.75, 3.05) is 13.6 Å². The summed E-state index contributed by atoms with van der Waals surface area (Å²) in [6.45, 7) is 2.48. The van der Waals surface area contributed by atoms with E-state index in [-0.39, 0.29) is 24.0 Å². The molecule has 1 aliphatic rings. The van der Waals surface area contributed by atoms with Crippen molar-refractivity contribution in [1.82, 2.24) is 10.2 Å². The Hall–Kier alpha value is -2.09. The van der Waals surface area contributed by atoms with Gasteiger partial charge in [0.05, 0.1) is 0 Å². The molecular formula is C19H23IN4O. The molecule has 0 saturated carbocycles. The highest BCUT2D eigenvalue weighted by atomic mass is 127. The summed E-state index contributed by atoms with van der Waals surface area (Å²) in [5, 5.41) is 3.39. The van der Waals surface area contributed by atoms with Gasteiger partial charge in [0.15, 0.2) is 5.96 Å². The van der Waals surface area contributed by atoms with Crippen molar-refractivity contribution in [3.05, 3.63) is 70.8 Å². The Morgan fingerprint density at radius 3 is 2.48 bits per heavy atom. The first-order chi connectivity index (χ1) is 11.7. The number of nitrogens with zero attached hydrogens (tertiary/aromatic N) is 2. The molecule has 5 nitrogen and oxygen atoms in total. The van der Waals surface area contributed by atoms with Crippen molar-refractivity contribution in [3.63, 3.8) is 0 Å². The first kappa shape index (κ1) is 19.2. The van der Waals surface area contributed by atoms with E-state index in [1.165, 1.54) is 11.1 Å². The Balaban J connectivity index is 0.00000225. The minimum atomic E-state index is -0.405. The zero-order valence-corrected chi connectivity index (χ0v) is 16.6. The molecule has 1 aliphatic heterocycles. The van der Waals surface area contributed by atoms with E-state index in [1.54, 1.807) is 19.2 Å².